The van der Waals surface area contributed by atoms with Crippen molar-refractivity contribution < 1.29 is 9.84 Å². The highest BCUT2D eigenvalue weighted by Gasteiger charge is 2.39. The molecule has 1 N–H and O–H groups in total. The monoisotopic (exact) mass is 203 g/mol. The van der Waals surface area contributed by atoms with Gasteiger partial charge in [0.1, 0.15) is 0 Å². The van der Waals surface area contributed by atoms with Gasteiger partial charge in [-0.25, -0.2) is 0 Å². The number of nitrogens with zero attached hydrogens (tertiary/aromatic N) is 1. The lowest BCUT2D eigenvalue weighted by Gasteiger charge is -2.44. The van der Waals surface area contributed by atoms with Gasteiger partial charge in [0.25, 0.3) is 0 Å². The van der Waals surface area contributed by atoms with Gasteiger partial charge in [-0.05, 0) is 0 Å². The van der Waals surface area contributed by atoms with Gasteiger partial charge < -0.3 is 14.7 Å². The minimum absolute atomic E-state index is 0.0714. The summed E-state index contributed by atoms with van der Waals surface area (Å²) in [6.45, 7) is 5.12. The Morgan fingerprint density at radius 2 is 2.00 bits per heavy atom. The second kappa shape index (κ2) is 4.17. The molecule has 2 saturated heterocycles. The molecular weight excluding hydrogens is 186 g/mol. The van der Waals surface area contributed by atoms with Crippen molar-refractivity contribution in [2.75, 3.05) is 51.0 Å². The van der Waals surface area contributed by atoms with Crippen molar-refractivity contribution in [3.63, 3.8) is 0 Å². The van der Waals surface area contributed by atoms with E-state index in [1.807, 2.05) is 11.8 Å². The van der Waals surface area contributed by atoms with E-state index in [0.717, 1.165) is 19.8 Å². The Kier molecular flexibility index (Phi) is 3.14. The van der Waals surface area contributed by atoms with Gasteiger partial charge >= 0.3 is 0 Å². The van der Waals surface area contributed by atoms with Crippen molar-refractivity contribution >= 4 is 11.8 Å². The van der Waals surface area contributed by atoms with Gasteiger partial charge in [0.15, 0.2) is 0 Å². The molecule has 0 spiro atoms. The first kappa shape index (κ1) is 9.77. The van der Waals surface area contributed by atoms with Gasteiger partial charge in [0.05, 0.1) is 25.2 Å². The summed E-state index contributed by atoms with van der Waals surface area (Å²) in [5.74, 6) is 2.48. The van der Waals surface area contributed by atoms with Crippen molar-refractivity contribution in [3.05, 3.63) is 0 Å². The molecule has 76 valence electrons. The summed E-state index contributed by atoms with van der Waals surface area (Å²) in [5, 5.41) is 9.26. The van der Waals surface area contributed by atoms with Crippen LogP contribution in [0.25, 0.3) is 0 Å². The first-order chi connectivity index (χ1) is 6.35. The molecule has 0 aliphatic carbocycles. The standard InChI is InChI=1S/C9H17NO2S/c11-6-9(7-12-8-9)5-10-1-3-13-4-2-10/h11H,1-8H2. The third-order valence-electron chi connectivity index (χ3n) is 2.81. The fourth-order valence-electron chi connectivity index (χ4n) is 1.86. The predicted octanol–water partition coefficient (Wildman–Crippen LogP) is 0.0441. The highest BCUT2D eigenvalue weighted by Crippen LogP contribution is 2.28. The van der Waals surface area contributed by atoms with Crippen molar-refractivity contribution in [1.29, 1.82) is 0 Å². The van der Waals surface area contributed by atoms with Gasteiger partial charge in [-0.15, -0.1) is 0 Å². The second-order valence-corrected chi connectivity index (χ2v) is 5.26. The third-order valence-corrected chi connectivity index (χ3v) is 3.76. The average Bonchev–Trinajstić information content (AvgIpc) is 2.13. The Labute approximate surface area is 83.4 Å². The lowest BCUT2D eigenvalue weighted by molar-refractivity contribution is -0.147. The van der Waals surface area contributed by atoms with Crippen LogP contribution in [0.4, 0.5) is 0 Å². The van der Waals surface area contributed by atoms with Crippen LogP contribution in [0.3, 0.4) is 0 Å². The van der Waals surface area contributed by atoms with Crippen LogP contribution in [-0.4, -0.2) is 61.0 Å². The molecule has 0 aromatic carbocycles. The third kappa shape index (κ3) is 2.18. The first-order valence-electron chi connectivity index (χ1n) is 4.83. The maximum atomic E-state index is 9.26. The molecule has 0 amide bonds. The highest BCUT2D eigenvalue weighted by atomic mass is 32.2. The summed E-state index contributed by atoms with van der Waals surface area (Å²) < 4.78 is 5.18. The van der Waals surface area contributed by atoms with E-state index in [-0.39, 0.29) is 12.0 Å². The molecule has 13 heavy (non-hydrogen) atoms. The Morgan fingerprint density at radius 3 is 2.46 bits per heavy atom. The molecule has 2 aliphatic rings. The maximum absolute atomic E-state index is 9.26. The fraction of sp³-hybridized carbons (Fsp3) is 1.00. The van der Waals surface area contributed by atoms with Crippen LogP contribution >= 0.6 is 11.8 Å². The molecule has 0 aromatic heterocycles. The number of ether oxygens (including phenoxy) is 1. The quantitative estimate of drug-likeness (QED) is 0.702. The molecule has 3 nitrogen and oxygen atoms in total. The summed E-state index contributed by atoms with van der Waals surface area (Å²) in [7, 11) is 0. The normalized spacial score (nSPS) is 28.4. The number of hydrogen-bond acceptors (Lipinski definition) is 4. The molecule has 0 saturated carbocycles. The molecule has 4 heteroatoms. The minimum Gasteiger partial charge on any atom is -0.396 e. The van der Waals surface area contributed by atoms with E-state index in [1.54, 1.807) is 0 Å². The van der Waals surface area contributed by atoms with E-state index in [9.17, 15) is 5.11 Å². The summed E-state index contributed by atoms with van der Waals surface area (Å²) in [6.07, 6.45) is 0. The molecule has 0 atom stereocenters. The van der Waals surface area contributed by atoms with E-state index in [0.29, 0.717) is 0 Å². The second-order valence-electron chi connectivity index (χ2n) is 4.04. The van der Waals surface area contributed by atoms with Crippen molar-refractivity contribution in [2.45, 2.75) is 0 Å². The summed E-state index contributed by atoms with van der Waals surface area (Å²) in [4.78, 5) is 2.45. The summed E-state index contributed by atoms with van der Waals surface area (Å²) >= 11 is 2.02. The first-order valence-corrected chi connectivity index (χ1v) is 5.99. The van der Waals surface area contributed by atoms with Crippen molar-refractivity contribution in [1.82, 2.24) is 4.90 Å². The van der Waals surface area contributed by atoms with Crippen molar-refractivity contribution in [3.8, 4) is 0 Å². The average molecular weight is 203 g/mol. The van der Waals surface area contributed by atoms with E-state index in [4.69, 9.17) is 4.74 Å². The Hall–Kier alpha value is 0.230. The zero-order chi connectivity index (χ0) is 9.15. The number of thioether (sulfide) groups is 1. The maximum Gasteiger partial charge on any atom is 0.0579 e. The Bertz CT molecular complexity index is 161. The predicted molar refractivity (Wildman–Crippen MR) is 54.1 cm³/mol. The number of rotatable bonds is 3. The molecule has 0 aromatic rings. The molecule has 2 fully saturated rings. The van der Waals surface area contributed by atoms with Crippen LogP contribution in [-0.2, 0) is 4.74 Å². The Morgan fingerprint density at radius 1 is 1.31 bits per heavy atom. The number of aliphatic hydroxyl groups is 1. The lowest BCUT2D eigenvalue weighted by atomic mass is 9.86. The van der Waals surface area contributed by atoms with Crippen LogP contribution in [0.15, 0.2) is 0 Å². The molecule has 2 heterocycles. The summed E-state index contributed by atoms with van der Waals surface area (Å²) in [5.41, 5.74) is 0.0714. The van der Waals surface area contributed by atoms with Gasteiger partial charge in [-0.3, -0.25) is 0 Å². The van der Waals surface area contributed by atoms with Crippen LogP contribution in [0.1, 0.15) is 0 Å². The van der Waals surface area contributed by atoms with Gasteiger partial charge in [0, 0.05) is 31.1 Å². The number of aliphatic hydroxyl groups excluding tert-OH is 1. The lowest BCUT2D eigenvalue weighted by Crippen LogP contribution is -2.54. The van der Waals surface area contributed by atoms with Gasteiger partial charge in [-0.2, -0.15) is 11.8 Å². The molecule has 2 aliphatic heterocycles. The zero-order valence-corrected chi connectivity index (χ0v) is 8.68. The molecule has 0 bridgehead atoms. The molecule has 0 radical (unpaired) electrons. The van der Waals surface area contributed by atoms with Gasteiger partial charge in [-0.1, -0.05) is 0 Å². The molecular formula is C9H17NO2S. The minimum atomic E-state index is 0.0714. The topological polar surface area (TPSA) is 32.7 Å². The Balaban J connectivity index is 1.81. The SMILES string of the molecule is OCC1(CN2CCSCC2)COC1. The van der Waals surface area contributed by atoms with Crippen LogP contribution in [0, 0.1) is 5.41 Å². The number of hydrogen-bond donors (Lipinski definition) is 1. The zero-order valence-electron chi connectivity index (χ0n) is 7.87. The van der Waals surface area contributed by atoms with E-state index < -0.39 is 0 Å². The van der Waals surface area contributed by atoms with Crippen LogP contribution in [0.2, 0.25) is 0 Å². The fourth-order valence-corrected chi connectivity index (χ4v) is 2.84. The van der Waals surface area contributed by atoms with E-state index >= 15 is 0 Å². The van der Waals surface area contributed by atoms with Crippen LogP contribution < -0.4 is 0 Å². The highest BCUT2D eigenvalue weighted by molar-refractivity contribution is 7.99. The van der Waals surface area contributed by atoms with Crippen LogP contribution in [0.5, 0.6) is 0 Å². The van der Waals surface area contributed by atoms with Crippen molar-refractivity contribution in [2.24, 2.45) is 5.41 Å². The largest absolute Gasteiger partial charge is 0.396 e. The molecule has 2 rings (SSSR count). The van der Waals surface area contributed by atoms with E-state index in [1.165, 1.54) is 24.6 Å². The van der Waals surface area contributed by atoms with E-state index in [2.05, 4.69) is 4.90 Å². The smallest absolute Gasteiger partial charge is 0.0579 e. The molecule has 0 unspecified atom stereocenters. The van der Waals surface area contributed by atoms with Gasteiger partial charge in [0.2, 0.25) is 0 Å². The summed E-state index contributed by atoms with van der Waals surface area (Å²) in [6, 6.07) is 0.